The zero-order chi connectivity index (χ0) is 17.3. The lowest BCUT2D eigenvalue weighted by molar-refractivity contribution is 0.0547. The first-order valence-corrected chi connectivity index (χ1v) is 9.33. The molecule has 0 saturated carbocycles. The van der Waals surface area contributed by atoms with Gasteiger partial charge in [0.1, 0.15) is 0 Å². The smallest absolute Gasteiger partial charge is 0.253 e. The van der Waals surface area contributed by atoms with Gasteiger partial charge in [-0.15, -0.1) is 0 Å². The lowest BCUT2D eigenvalue weighted by Crippen LogP contribution is -2.53. The molecule has 2 heterocycles. The molecule has 7 nitrogen and oxygen atoms in total. The molecule has 1 N–H and O–H groups in total. The van der Waals surface area contributed by atoms with Gasteiger partial charge in [0.2, 0.25) is 10.0 Å². The third-order valence-electron chi connectivity index (χ3n) is 4.44. The average Bonchev–Trinajstić information content (AvgIpc) is 2.58. The largest absolute Gasteiger partial charge is 0.390 e. The minimum Gasteiger partial charge on any atom is -0.390 e. The highest BCUT2D eigenvalue weighted by molar-refractivity contribution is 7.89. The number of piperidine rings is 1. The maximum absolute atomic E-state index is 12.6. The Morgan fingerprint density at radius 2 is 2.04 bits per heavy atom. The van der Waals surface area contributed by atoms with Crippen molar-refractivity contribution in [2.75, 3.05) is 26.2 Å². The van der Waals surface area contributed by atoms with Crippen LogP contribution in [0.5, 0.6) is 0 Å². The van der Waals surface area contributed by atoms with E-state index in [0.29, 0.717) is 18.7 Å². The summed E-state index contributed by atoms with van der Waals surface area (Å²) in [6.07, 6.45) is 0.931. The van der Waals surface area contributed by atoms with Gasteiger partial charge in [0.25, 0.3) is 5.91 Å². The maximum Gasteiger partial charge on any atom is 0.253 e. The van der Waals surface area contributed by atoms with E-state index >= 15 is 0 Å². The molecule has 24 heavy (non-hydrogen) atoms. The van der Waals surface area contributed by atoms with Crippen molar-refractivity contribution in [3.05, 3.63) is 29.8 Å². The van der Waals surface area contributed by atoms with Crippen molar-refractivity contribution in [3.63, 3.8) is 0 Å². The average molecular weight is 349 g/mol. The highest BCUT2D eigenvalue weighted by Gasteiger charge is 2.36. The highest BCUT2D eigenvalue weighted by atomic mass is 32.2. The Balaban J connectivity index is 1.80. The molecule has 0 aliphatic carbocycles. The third kappa shape index (κ3) is 3.15. The number of nitrogens with zero attached hydrogens (tertiary/aromatic N) is 3. The van der Waals surface area contributed by atoms with Crippen molar-refractivity contribution in [2.45, 2.75) is 23.8 Å². The molecule has 1 atom stereocenters. The molecule has 0 aromatic heterocycles. The first-order chi connectivity index (χ1) is 11.4. The second kappa shape index (κ2) is 6.51. The Bertz CT molecular complexity index is 781. The molecular formula is C16H19N3O4S. The van der Waals surface area contributed by atoms with E-state index in [9.17, 15) is 18.3 Å². The summed E-state index contributed by atoms with van der Waals surface area (Å²) in [5.74, 6) is -0.423. The first kappa shape index (κ1) is 16.9. The van der Waals surface area contributed by atoms with Crippen LogP contribution in [0.4, 0.5) is 0 Å². The summed E-state index contributed by atoms with van der Waals surface area (Å²) < 4.78 is 26.1. The highest BCUT2D eigenvalue weighted by Crippen LogP contribution is 2.24. The molecule has 2 aliphatic heterocycles. The summed E-state index contributed by atoms with van der Waals surface area (Å²) in [4.78, 5) is 14.3. The molecule has 1 amide bonds. The van der Waals surface area contributed by atoms with Crippen LogP contribution in [0.3, 0.4) is 0 Å². The van der Waals surface area contributed by atoms with Gasteiger partial charge in [0, 0.05) is 31.7 Å². The summed E-state index contributed by atoms with van der Waals surface area (Å²) in [5, 5.41) is 18.3. The predicted octanol–water partition coefficient (Wildman–Crippen LogP) is 0.428. The van der Waals surface area contributed by atoms with Crippen molar-refractivity contribution < 1.29 is 18.3 Å². The van der Waals surface area contributed by atoms with Crippen molar-refractivity contribution in [1.82, 2.24) is 9.21 Å². The number of carbonyl (C=O) groups is 1. The van der Waals surface area contributed by atoms with Crippen LogP contribution in [-0.2, 0) is 10.0 Å². The molecule has 1 aromatic carbocycles. The number of hydrogen-bond donors (Lipinski definition) is 1. The number of benzene rings is 1. The molecular weight excluding hydrogens is 330 g/mol. The molecule has 1 aromatic rings. The number of rotatable bonds is 3. The van der Waals surface area contributed by atoms with Gasteiger partial charge in [-0.2, -0.15) is 9.57 Å². The zero-order valence-corrected chi connectivity index (χ0v) is 13.9. The van der Waals surface area contributed by atoms with Gasteiger partial charge in [-0.05, 0) is 31.0 Å². The first-order valence-electron chi connectivity index (χ1n) is 7.89. The minimum absolute atomic E-state index is 0.0501. The minimum atomic E-state index is -3.69. The van der Waals surface area contributed by atoms with Crippen LogP contribution in [0.15, 0.2) is 29.2 Å². The molecule has 0 spiro atoms. The Morgan fingerprint density at radius 1 is 1.29 bits per heavy atom. The lowest BCUT2D eigenvalue weighted by Gasteiger charge is -2.34. The van der Waals surface area contributed by atoms with Crippen molar-refractivity contribution in [3.8, 4) is 6.07 Å². The van der Waals surface area contributed by atoms with E-state index in [1.165, 1.54) is 16.4 Å². The van der Waals surface area contributed by atoms with Crippen molar-refractivity contribution in [2.24, 2.45) is 5.92 Å². The van der Waals surface area contributed by atoms with Gasteiger partial charge in [0.05, 0.1) is 23.0 Å². The normalized spacial score (nSPS) is 22.7. The van der Waals surface area contributed by atoms with Gasteiger partial charge in [-0.1, -0.05) is 6.07 Å². The van der Waals surface area contributed by atoms with Crippen LogP contribution < -0.4 is 0 Å². The quantitative estimate of drug-likeness (QED) is 0.852. The van der Waals surface area contributed by atoms with Crippen molar-refractivity contribution >= 4 is 15.9 Å². The van der Waals surface area contributed by atoms with Crippen LogP contribution in [-0.4, -0.2) is 60.9 Å². The summed E-state index contributed by atoms with van der Waals surface area (Å²) >= 11 is 0. The fourth-order valence-corrected chi connectivity index (χ4v) is 4.56. The number of aliphatic hydroxyl groups is 1. The van der Waals surface area contributed by atoms with Gasteiger partial charge in [0.15, 0.2) is 0 Å². The number of amides is 1. The number of sulfonamides is 1. The SMILES string of the molecule is N#C[C@H]1CCCN(C(=O)c2cccc(S(=O)(=O)N3CC(O)C3)c2)C1. The third-order valence-corrected chi connectivity index (χ3v) is 6.27. The van der Waals surface area contributed by atoms with Crippen LogP contribution in [0.2, 0.25) is 0 Å². The van der Waals surface area contributed by atoms with Gasteiger partial charge in [-0.25, -0.2) is 8.42 Å². The summed E-state index contributed by atoms with van der Waals surface area (Å²) in [6, 6.07) is 8.14. The van der Waals surface area contributed by atoms with E-state index in [1.54, 1.807) is 17.0 Å². The molecule has 2 saturated heterocycles. The van der Waals surface area contributed by atoms with Crippen LogP contribution >= 0.6 is 0 Å². The number of hydrogen-bond acceptors (Lipinski definition) is 5. The van der Waals surface area contributed by atoms with Crippen LogP contribution in [0.1, 0.15) is 23.2 Å². The molecule has 0 bridgehead atoms. The zero-order valence-electron chi connectivity index (χ0n) is 13.1. The van der Waals surface area contributed by atoms with Crippen LogP contribution in [0, 0.1) is 17.2 Å². The second-order valence-electron chi connectivity index (χ2n) is 6.22. The van der Waals surface area contributed by atoms with Gasteiger partial charge >= 0.3 is 0 Å². The fourth-order valence-electron chi connectivity index (χ4n) is 3.00. The molecule has 0 unspecified atom stereocenters. The topological polar surface area (TPSA) is 102 Å². The summed E-state index contributed by atoms with van der Waals surface area (Å²) in [6.45, 7) is 1.11. The molecule has 0 radical (unpaired) electrons. The Morgan fingerprint density at radius 3 is 2.71 bits per heavy atom. The predicted molar refractivity (Wildman–Crippen MR) is 85.4 cm³/mol. The molecule has 128 valence electrons. The lowest BCUT2D eigenvalue weighted by atomic mass is 9.99. The summed E-state index contributed by atoms with van der Waals surface area (Å²) in [5.41, 5.74) is 0.302. The van der Waals surface area contributed by atoms with Crippen molar-refractivity contribution in [1.29, 1.82) is 5.26 Å². The van der Waals surface area contributed by atoms with E-state index in [0.717, 1.165) is 12.8 Å². The second-order valence-corrected chi connectivity index (χ2v) is 8.16. The maximum atomic E-state index is 12.6. The van der Waals surface area contributed by atoms with E-state index in [2.05, 4.69) is 6.07 Å². The Hall–Kier alpha value is -1.95. The Kier molecular flexibility index (Phi) is 4.58. The van der Waals surface area contributed by atoms with E-state index in [4.69, 9.17) is 5.26 Å². The fraction of sp³-hybridized carbons (Fsp3) is 0.500. The number of likely N-dealkylation sites (tertiary alicyclic amines) is 1. The van der Waals surface area contributed by atoms with E-state index in [1.807, 2.05) is 0 Å². The molecule has 3 rings (SSSR count). The Labute approximate surface area is 141 Å². The van der Waals surface area contributed by atoms with Crippen LogP contribution in [0.25, 0.3) is 0 Å². The number of β-amino-alcohol motifs (C(OH)–C–C–N with tert-alkyl or cyclic N) is 1. The van der Waals surface area contributed by atoms with Gasteiger partial charge in [-0.3, -0.25) is 4.79 Å². The summed E-state index contributed by atoms with van der Waals surface area (Å²) in [7, 11) is -3.69. The number of aliphatic hydroxyl groups excluding tert-OH is 1. The molecule has 8 heteroatoms. The monoisotopic (exact) mass is 349 g/mol. The standard InChI is InChI=1S/C16H19N3O4S/c17-8-12-3-2-6-18(9-12)16(21)13-4-1-5-15(7-13)24(22,23)19-10-14(20)11-19/h1,4-5,7,12,14,20H,2-3,6,9-11H2/t12-/m1/s1. The molecule has 2 fully saturated rings. The van der Waals surface area contributed by atoms with E-state index in [-0.39, 0.29) is 29.8 Å². The van der Waals surface area contributed by atoms with Gasteiger partial charge < -0.3 is 10.0 Å². The number of nitriles is 1. The number of carbonyl (C=O) groups excluding carboxylic acids is 1. The molecule has 2 aliphatic rings. The van der Waals surface area contributed by atoms with E-state index < -0.39 is 16.1 Å².